The van der Waals surface area contributed by atoms with E-state index in [0.717, 1.165) is 19.6 Å². The van der Waals surface area contributed by atoms with Gasteiger partial charge >= 0.3 is 0 Å². The topological polar surface area (TPSA) is 11.4 Å². The Morgan fingerprint density at radius 2 is 1.82 bits per heavy atom. The Kier molecular flexibility index (Phi) is 4.84. The summed E-state index contributed by atoms with van der Waals surface area (Å²) in [6.07, 6.45) is 4.94. The van der Waals surface area contributed by atoms with Crippen molar-refractivity contribution < 1.29 is 0 Å². The van der Waals surface area contributed by atoms with Gasteiger partial charge in [-0.15, -0.1) is 0 Å². The highest BCUT2D eigenvalue weighted by Gasteiger charge is 2.18. The Balaban J connectivity index is 1.69. The van der Waals surface area contributed by atoms with E-state index in [1.165, 1.54) is 54.5 Å². The quantitative estimate of drug-likeness (QED) is 0.722. The van der Waals surface area contributed by atoms with Crippen LogP contribution in [0, 0.1) is 0 Å². The highest BCUT2D eigenvalue weighted by atomic mass is 15.1. The van der Waals surface area contributed by atoms with Crippen molar-refractivity contribution in [3.63, 3.8) is 0 Å². The summed E-state index contributed by atoms with van der Waals surface area (Å²) in [7, 11) is 2.21. The van der Waals surface area contributed by atoms with Crippen LogP contribution >= 0.6 is 0 Å². The Labute approximate surface area is 134 Å². The molecule has 3 rings (SSSR count). The van der Waals surface area contributed by atoms with Gasteiger partial charge in [0.1, 0.15) is 0 Å². The first-order valence-electron chi connectivity index (χ1n) is 8.73. The number of nitrogens with zero attached hydrogens (tertiary/aromatic N) is 3. The summed E-state index contributed by atoms with van der Waals surface area (Å²) < 4.78 is 2.48. The molecule has 1 aliphatic heterocycles. The van der Waals surface area contributed by atoms with E-state index < -0.39 is 0 Å². The molecule has 3 heteroatoms. The van der Waals surface area contributed by atoms with Crippen molar-refractivity contribution >= 4 is 10.9 Å². The fourth-order valence-corrected chi connectivity index (χ4v) is 3.75. The zero-order valence-corrected chi connectivity index (χ0v) is 14.3. The van der Waals surface area contributed by atoms with Crippen LogP contribution in [0.3, 0.4) is 0 Å². The third kappa shape index (κ3) is 3.06. The first-order valence-corrected chi connectivity index (χ1v) is 8.73. The minimum absolute atomic E-state index is 1.08. The summed E-state index contributed by atoms with van der Waals surface area (Å²) in [5.41, 5.74) is 4.43. The second kappa shape index (κ2) is 6.84. The Hall–Kier alpha value is -1.32. The number of unbranched alkanes of at least 4 members (excludes halogenated alkanes) is 1. The number of aryl methyl sites for hydroxylation is 1. The molecule has 1 aliphatic rings. The monoisotopic (exact) mass is 299 g/mol. The van der Waals surface area contributed by atoms with Crippen molar-refractivity contribution in [2.24, 2.45) is 0 Å². The predicted octanol–water partition coefficient (Wildman–Crippen LogP) is 3.71. The molecule has 1 aromatic carbocycles. The molecule has 0 radical (unpaired) electrons. The van der Waals surface area contributed by atoms with Crippen molar-refractivity contribution in [1.29, 1.82) is 0 Å². The zero-order chi connectivity index (χ0) is 15.5. The molecule has 0 spiro atoms. The number of benzene rings is 1. The fraction of sp³-hybridized carbons (Fsp3) is 0.579. The SMILES string of the molecule is CCN(CC)CCCCn1cc2c3c(cccc31)CN(C)C2. The molecule has 0 fully saturated rings. The van der Waals surface area contributed by atoms with Crippen LogP contribution in [0.15, 0.2) is 24.4 Å². The van der Waals surface area contributed by atoms with Gasteiger partial charge in [-0.3, -0.25) is 4.90 Å². The second-order valence-corrected chi connectivity index (χ2v) is 6.57. The molecule has 0 atom stereocenters. The van der Waals surface area contributed by atoms with E-state index in [1.807, 2.05) is 0 Å². The molecule has 0 unspecified atom stereocenters. The van der Waals surface area contributed by atoms with E-state index in [0.29, 0.717) is 0 Å². The Morgan fingerprint density at radius 1 is 1.05 bits per heavy atom. The highest BCUT2D eigenvalue weighted by Crippen LogP contribution is 2.31. The molecule has 0 amide bonds. The van der Waals surface area contributed by atoms with E-state index in [1.54, 1.807) is 0 Å². The summed E-state index contributed by atoms with van der Waals surface area (Å²) in [6.45, 7) is 11.4. The van der Waals surface area contributed by atoms with Crippen LogP contribution in [0.5, 0.6) is 0 Å². The summed E-state index contributed by atoms with van der Waals surface area (Å²) in [5.74, 6) is 0. The second-order valence-electron chi connectivity index (χ2n) is 6.57. The standard InChI is InChI=1S/C19H29N3/c1-4-21(5-2)11-6-7-12-22-15-17-14-20(3)13-16-9-8-10-18(22)19(16)17/h8-10,15H,4-7,11-14H2,1-3H3. The van der Waals surface area contributed by atoms with E-state index in [4.69, 9.17) is 0 Å². The number of aromatic nitrogens is 1. The van der Waals surface area contributed by atoms with Gasteiger partial charge in [-0.05, 0) is 56.7 Å². The Bertz CT molecular complexity index is 625. The van der Waals surface area contributed by atoms with Crippen LogP contribution in [-0.2, 0) is 19.6 Å². The average Bonchev–Trinajstić information content (AvgIpc) is 2.87. The third-order valence-corrected chi connectivity index (χ3v) is 4.97. The van der Waals surface area contributed by atoms with Crippen molar-refractivity contribution in [3.05, 3.63) is 35.5 Å². The first kappa shape index (κ1) is 15.6. The lowest BCUT2D eigenvalue weighted by molar-refractivity contribution is 0.294. The maximum absolute atomic E-state index is 2.51. The molecule has 1 aromatic heterocycles. The highest BCUT2D eigenvalue weighted by molar-refractivity contribution is 5.88. The molecular formula is C19H29N3. The van der Waals surface area contributed by atoms with Gasteiger partial charge in [0.25, 0.3) is 0 Å². The van der Waals surface area contributed by atoms with E-state index in [-0.39, 0.29) is 0 Å². The zero-order valence-electron chi connectivity index (χ0n) is 14.3. The number of hydrogen-bond acceptors (Lipinski definition) is 2. The molecule has 0 N–H and O–H groups in total. The summed E-state index contributed by atoms with van der Waals surface area (Å²) in [5, 5.41) is 1.52. The molecule has 0 aliphatic carbocycles. The minimum atomic E-state index is 1.08. The van der Waals surface area contributed by atoms with Crippen LogP contribution < -0.4 is 0 Å². The van der Waals surface area contributed by atoms with Crippen LogP contribution in [0.4, 0.5) is 0 Å². The molecule has 0 saturated carbocycles. The number of hydrogen-bond donors (Lipinski definition) is 0. The molecule has 3 nitrogen and oxygen atoms in total. The van der Waals surface area contributed by atoms with Gasteiger partial charge in [0.05, 0.1) is 0 Å². The summed E-state index contributed by atoms with van der Waals surface area (Å²) in [4.78, 5) is 4.92. The van der Waals surface area contributed by atoms with Gasteiger partial charge in [-0.1, -0.05) is 26.0 Å². The van der Waals surface area contributed by atoms with Crippen LogP contribution in [0.25, 0.3) is 10.9 Å². The molecule has 2 heterocycles. The average molecular weight is 299 g/mol. The maximum atomic E-state index is 2.51. The van der Waals surface area contributed by atoms with Crippen LogP contribution in [-0.4, -0.2) is 41.0 Å². The van der Waals surface area contributed by atoms with Crippen LogP contribution in [0.1, 0.15) is 37.8 Å². The smallest absolute Gasteiger partial charge is 0.0486 e. The minimum Gasteiger partial charge on any atom is -0.347 e. The fourth-order valence-electron chi connectivity index (χ4n) is 3.75. The van der Waals surface area contributed by atoms with Crippen molar-refractivity contribution in [2.45, 2.75) is 46.3 Å². The van der Waals surface area contributed by atoms with Gasteiger partial charge in [-0.25, -0.2) is 0 Å². The maximum Gasteiger partial charge on any atom is 0.0486 e. The van der Waals surface area contributed by atoms with E-state index in [2.05, 4.69) is 59.7 Å². The summed E-state index contributed by atoms with van der Waals surface area (Å²) >= 11 is 0. The third-order valence-electron chi connectivity index (χ3n) is 4.97. The van der Waals surface area contributed by atoms with Crippen molar-refractivity contribution in [1.82, 2.24) is 14.4 Å². The Morgan fingerprint density at radius 3 is 2.59 bits per heavy atom. The van der Waals surface area contributed by atoms with Gasteiger partial charge in [-0.2, -0.15) is 0 Å². The largest absolute Gasteiger partial charge is 0.347 e. The molecule has 22 heavy (non-hydrogen) atoms. The van der Waals surface area contributed by atoms with Crippen molar-refractivity contribution in [3.8, 4) is 0 Å². The lowest BCUT2D eigenvalue weighted by Crippen LogP contribution is -2.24. The van der Waals surface area contributed by atoms with Gasteiger partial charge in [0.2, 0.25) is 0 Å². The molecule has 0 bridgehead atoms. The predicted molar refractivity (Wildman–Crippen MR) is 94.1 cm³/mol. The number of rotatable bonds is 7. The normalized spacial score (nSPS) is 15.1. The lowest BCUT2D eigenvalue weighted by Gasteiger charge is -2.22. The lowest BCUT2D eigenvalue weighted by atomic mass is 10.0. The van der Waals surface area contributed by atoms with Crippen molar-refractivity contribution in [2.75, 3.05) is 26.7 Å². The van der Waals surface area contributed by atoms with Crippen LogP contribution in [0.2, 0.25) is 0 Å². The first-order chi connectivity index (χ1) is 10.7. The molecular weight excluding hydrogens is 270 g/mol. The molecule has 120 valence electrons. The van der Waals surface area contributed by atoms with E-state index in [9.17, 15) is 0 Å². The summed E-state index contributed by atoms with van der Waals surface area (Å²) in [6, 6.07) is 6.79. The molecule has 0 saturated heterocycles. The van der Waals surface area contributed by atoms with Gasteiger partial charge in [0.15, 0.2) is 0 Å². The molecule has 2 aromatic rings. The van der Waals surface area contributed by atoms with Gasteiger partial charge in [0, 0.05) is 36.7 Å². The van der Waals surface area contributed by atoms with Gasteiger partial charge < -0.3 is 9.47 Å². The van der Waals surface area contributed by atoms with E-state index >= 15 is 0 Å².